The molecule has 15 nitrogen and oxygen atoms in total. The van der Waals surface area contributed by atoms with E-state index >= 15 is 0 Å². The van der Waals surface area contributed by atoms with Gasteiger partial charge < -0.3 is 40.3 Å². The van der Waals surface area contributed by atoms with E-state index < -0.39 is 84.3 Å². The number of carbonyl (C=O) groups is 7. The fourth-order valence-corrected chi connectivity index (χ4v) is 8.54. The number of piperazine rings is 1. The molecular formula is C43H57N7O8. The van der Waals surface area contributed by atoms with Crippen molar-refractivity contribution in [2.24, 2.45) is 5.92 Å². The first-order valence-electron chi connectivity index (χ1n) is 20.5. The summed E-state index contributed by atoms with van der Waals surface area (Å²) in [5.41, 5.74) is 3.66. The Balaban J connectivity index is 1.30. The minimum Gasteiger partial charge on any atom is -0.461 e. The number of amides is 6. The Kier molecular flexibility index (Phi) is 13.5. The normalized spacial score (nSPS) is 26.6. The number of cyclic esters (lactones) is 1. The molecule has 2 aromatic carbocycles. The van der Waals surface area contributed by atoms with E-state index in [0.29, 0.717) is 25.8 Å². The summed E-state index contributed by atoms with van der Waals surface area (Å²) in [4.78, 5) is 104. The minimum absolute atomic E-state index is 0.0259. The highest BCUT2D eigenvalue weighted by Crippen LogP contribution is 2.27. The zero-order valence-corrected chi connectivity index (χ0v) is 34.2. The number of likely N-dealkylation sites (N-methyl/N-ethyl adjacent to an activating group) is 1. The van der Waals surface area contributed by atoms with Gasteiger partial charge >= 0.3 is 5.97 Å². The molecule has 0 saturated carbocycles. The van der Waals surface area contributed by atoms with Crippen LogP contribution in [0.2, 0.25) is 0 Å². The Morgan fingerprint density at radius 2 is 1.57 bits per heavy atom. The molecule has 2 aromatic rings. The lowest BCUT2D eigenvalue weighted by molar-refractivity contribution is -0.158. The molecule has 6 amide bonds. The maximum atomic E-state index is 14.6. The van der Waals surface area contributed by atoms with Crippen LogP contribution in [0.1, 0.15) is 62.3 Å². The maximum absolute atomic E-state index is 14.6. The summed E-state index contributed by atoms with van der Waals surface area (Å²) >= 11 is 0. The first-order valence-corrected chi connectivity index (χ1v) is 20.5. The van der Waals surface area contributed by atoms with E-state index in [1.165, 1.54) is 14.7 Å². The Hall–Kier alpha value is -5.31. The largest absolute Gasteiger partial charge is 0.461 e. The Morgan fingerprint density at radius 3 is 2.29 bits per heavy atom. The molecule has 15 heteroatoms. The third-order valence-corrected chi connectivity index (χ3v) is 11.8. The highest BCUT2D eigenvalue weighted by Gasteiger charge is 2.46. The van der Waals surface area contributed by atoms with Crippen molar-refractivity contribution in [2.75, 3.05) is 46.4 Å². The van der Waals surface area contributed by atoms with E-state index in [1.807, 2.05) is 81.2 Å². The van der Waals surface area contributed by atoms with E-state index in [4.69, 9.17) is 4.74 Å². The number of ether oxygens (including phenoxy) is 1. The topological polar surface area (TPSA) is 178 Å². The number of hydrogen-bond acceptors (Lipinski definition) is 9. The predicted molar refractivity (Wildman–Crippen MR) is 214 cm³/mol. The first-order chi connectivity index (χ1) is 27.7. The van der Waals surface area contributed by atoms with Crippen LogP contribution >= 0.6 is 0 Å². The van der Waals surface area contributed by atoms with E-state index in [2.05, 4.69) is 16.0 Å². The van der Waals surface area contributed by atoms with E-state index in [0.717, 1.165) is 28.7 Å². The van der Waals surface area contributed by atoms with Gasteiger partial charge in [-0.1, -0.05) is 67.9 Å². The Morgan fingerprint density at radius 1 is 0.845 bits per heavy atom. The molecule has 7 atom stereocenters. The molecule has 4 saturated heterocycles. The molecule has 58 heavy (non-hydrogen) atoms. The number of carbonyl (C=O) groups excluding carboxylic acids is 7. The molecule has 6 rings (SSSR count). The van der Waals surface area contributed by atoms with Crippen LogP contribution in [0, 0.1) is 12.8 Å². The number of hydrogen-bond donors (Lipinski definition) is 3. The number of nitrogens with zero attached hydrogens (tertiary/aromatic N) is 4. The molecule has 4 aliphatic rings. The second-order valence-corrected chi connectivity index (χ2v) is 16.4. The second-order valence-electron chi connectivity index (χ2n) is 16.4. The number of esters is 1. The van der Waals surface area contributed by atoms with Gasteiger partial charge in [-0.25, -0.2) is 4.79 Å². The molecule has 0 aromatic heterocycles. The maximum Gasteiger partial charge on any atom is 0.328 e. The van der Waals surface area contributed by atoms with E-state index in [-0.39, 0.29) is 44.9 Å². The van der Waals surface area contributed by atoms with Crippen molar-refractivity contribution in [1.29, 1.82) is 0 Å². The molecule has 4 heterocycles. The fourth-order valence-electron chi connectivity index (χ4n) is 8.54. The first kappa shape index (κ1) is 42.3. The third-order valence-electron chi connectivity index (χ3n) is 11.8. The lowest BCUT2D eigenvalue weighted by Gasteiger charge is -2.42. The number of nitrogens with one attached hydrogen (secondary N) is 3. The quantitative estimate of drug-likeness (QED) is 0.325. The van der Waals surface area contributed by atoms with Gasteiger partial charge in [-0.05, 0) is 69.2 Å². The second kappa shape index (κ2) is 18.5. The van der Waals surface area contributed by atoms with Crippen molar-refractivity contribution >= 4 is 41.4 Å². The fraction of sp³-hybridized carbons (Fsp3) is 0.558. The van der Waals surface area contributed by atoms with Crippen molar-refractivity contribution < 1.29 is 38.3 Å². The summed E-state index contributed by atoms with van der Waals surface area (Å²) in [7, 11) is 1.85. The number of fused-ring (bicyclic) bond motifs is 3. The van der Waals surface area contributed by atoms with Gasteiger partial charge in [-0.2, -0.15) is 0 Å². The zero-order valence-electron chi connectivity index (χ0n) is 34.2. The number of rotatable bonds is 8. The van der Waals surface area contributed by atoms with Crippen molar-refractivity contribution in [2.45, 2.75) is 102 Å². The summed E-state index contributed by atoms with van der Waals surface area (Å²) in [5, 5.41) is 8.46. The summed E-state index contributed by atoms with van der Waals surface area (Å²) in [6.07, 6.45) is 2.14. The molecule has 312 valence electrons. The minimum atomic E-state index is -1.43. The smallest absolute Gasteiger partial charge is 0.328 e. The van der Waals surface area contributed by atoms with Crippen LogP contribution in [0.3, 0.4) is 0 Å². The van der Waals surface area contributed by atoms with Gasteiger partial charge in [0.2, 0.25) is 35.4 Å². The van der Waals surface area contributed by atoms with Gasteiger partial charge in [0, 0.05) is 39.1 Å². The molecule has 0 aliphatic carbocycles. The highest BCUT2D eigenvalue weighted by molar-refractivity contribution is 5.98. The van der Waals surface area contributed by atoms with Gasteiger partial charge in [0.1, 0.15) is 42.9 Å². The van der Waals surface area contributed by atoms with Crippen molar-refractivity contribution in [3.05, 3.63) is 70.8 Å². The SMILES string of the molecule is CCc1ccc(CC(=O)N[C@@H](Cc2cccc(C)c2)C(=O)N[C@H]2COC(=O)[C@@H]3C[C@@H](C)CN3C(=O)[C@H](C)NC(=O)[C@@H]3CN(C)CCN3C(=O)[C@@H]3CCCN3C2=O)cc1. The highest BCUT2D eigenvalue weighted by atomic mass is 16.5. The van der Waals surface area contributed by atoms with Crippen LogP contribution in [0.4, 0.5) is 0 Å². The van der Waals surface area contributed by atoms with Crippen LogP contribution in [0.25, 0.3) is 0 Å². The average Bonchev–Trinajstić information content (AvgIpc) is 3.85. The van der Waals surface area contributed by atoms with E-state index in [1.54, 1.807) is 6.92 Å². The van der Waals surface area contributed by atoms with Crippen LogP contribution in [-0.4, -0.2) is 144 Å². The summed E-state index contributed by atoms with van der Waals surface area (Å²) in [6.45, 7) is 8.31. The Labute approximate surface area is 340 Å². The molecule has 0 spiro atoms. The molecule has 0 unspecified atom stereocenters. The molecule has 0 bridgehead atoms. The lowest BCUT2D eigenvalue weighted by Crippen LogP contribution is -2.65. The predicted octanol–water partition coefficient (Wildman–Crippen LogP) is 0.744. The zero-order chi connectivity index (χ0) is 41.7. The van der Waals surface area contributed by atoms with E-state index in [9.17, 15) is 33.6 Å². The van der Waals surface area contributed by atoms with Crippen molar-refractivity contribution in [3.8, 4) is 0 Å². The number of aryl methyl sites for hydroxylation is 2. The number of benzene rings is 2. The summed E-state index contributed by atoms with van der Waals surface area (Å²) in [5.74, 6) is -3.86. The molecule has 4 fully saturated rings. The summed E-state index contributed by atoms with van der Waals surface area (Å²) < 4.78 is 5.79. The van der Waals surface area contributed by atoms with Crippen LogP contribution in [0.15, 0.2) is 48.5 Å². The third kappa shape index (κ3) is 9.86. The monoisotopic (exact) mass is 799 g/mol. The molecule has 3 N–H and O–H groups in total. The summed E-state index contributed by atoms with van der Waals surface area (Å²) in [6, 6.07) is 8.88. The standard InChI is InChI=1S/C43H57N7O8/c1-6-29-12-14-30(15-13-29)22-37(51)45-32(21-31-10-7-9-26(2)19-31)38(52)46-33-25-58-43(57)35-20-27(3)23-50(35)40(54)28(4)44-39(53)36-24-47(5)17-18-49(36)42(56)34-11-8-16-48(34)41(33)55/h7,9-10,12-15,19,27-28,32-36H,6,8,11,16-18,20-25H2,1-5H3,(H,44,53)(H,45,51)(H,46,52)/t27-,28+,32+,33+,34+,35+,36+/m1/s1. The van der Waals surface area contributed by atoms with Crippen molar-refractivity contribution in [3.63, 3.8) is 0 Å². The van der Waals surface area contributed by atoms with Gasteiger partial charge in [0.05, 0.1) is 6.42 Å². The van der Waals surface area contributed by atoms with Crippen LogP contribution in [-0.2, 0) is 57.6 Å². The van der Waals surface area contributed by atoms with Gasteiger partial charge in [-0.3, -0.25) is 28.8 Å². The average molecular weight is 800 g/mol. The Bertz CT molecular complexity index is 1890. The van der Waals surface area contributed by atoms with Gasteiger partial charge in [0.25, 0.3) is 0 Å². The lowest BCUT2D eigenvalue weighted by atomic mass is 10.0. The van der Waals surface area contributed by atoms with Crippen LogP contribution < -0.4 is 16.0 Å². The van der Waals surface area contributed by atoms with Gasteiger partial charge in [-0.15, -0.1) is 0 Å². The van der Waals surface area contributed by atoms with Crippen LogP contribution in [0.5, 0.6) is 0 Å². The van der Waals surface area contributed by atoms with Crippen molar-refractivity contribution in [1.82, 2.24) is 35.6 Å². The van der Waals surface area contributed by atoms with Gasteiger partial charge in [0.15, 0.2) is 0 Å². The molecule has 0 radical (unpaired) electrons. The molecular weight excluding hydrogens is 743 g/mol. The molecule has 4 aliphatic heterocycles.